The third kappa shape index (κ3) is 4.96. The molecule has 1 heterocycles. The first kappa shape index (κ1) is 17.3. The van der Waals surface area contributed by atoms with Crippen molar-refractivity contribution >= 4 is 17.5 Å². The molecule has 0 aromatic heterocycles. The lowest BCUT2D eigenvalue weighted by atomic mass is 10.1. The monoisotopic (exact) mass is 320 g/mol. The zero-order chi connectivity index (χ0) is 16.7. The van der Waals surface area contributed by atoms with Crippen molar-refractivity contribution in [1.82, 2.24) is 5.32 Å². The topological polar surface area (TPSA) is 67.9 Å². The molecule has 0 aliphatic carbocycles. The molecule has 1 N–H and O–H groups in total. The van der Waals surface area contributed by atoms with Crippen molar-refractivity contribution in [2.24, 2.45) is 5.92 Å². The van der Waals surface area contributed by atoms with E-state index in [0.717, 1.165) is 11.4 Å². The molecule has 6 nitrogen and oxygen atoms in total. The zero-order valence-electron chi connectivity index (χ0n) is 13.7. The fraction of sp³-hybridized carbons (Fsp3) is 0.529. The lowest BCUT2D eigenvalue weighted by molar-refractivity contribution is -0.125. The molecular formula is C17H24N2O4. The minimum absolute atomic E-state index is 0.0692. The van der Waals surface area contributed by atoms with Gasteiger partial charge in [0.05, 0.1) is 6.61 Å². The summed E-state index contributed by atoms with van der Waals surface area (Å²) < 4.78 is 10.5. The molecule has 2 amide bonds. The molecule has 1 saturated heterocycles. The Morgan fingerprint density at radius 3 is 2.65 bits per heavy atom. The van der Waals surface area contributed by atoms with Gasteiger partial charge in [-0.1, -0.05) is 0 Å². The van der Waals surface area contributed by atoms with E-state index in [9.17, 15) is 9.59 Å². The second kappa shape index (κ2) is 8.53. The second-order valence-corrected chi connectivity index (χ2v) is 5.44. The van der Waals surface area contributed by atoms with E-state index in [2.05, 4.69) is 5.32 Å². The molecule has 23 heavy (non-hydrogen) atoms. The van der Waals surface area contributed by atoms with Crippen LogP contribution in [-0.4, -0.2) is 44.7 Å². The summed E-state index contributed by atoms with van der Waals surface area (Å²) in [5, 5.41) is 2.82. The van der Waals surface area contributed by atoms with Gasteiger partial charge in [0, 0.05) is 37.7 Å². The maximum absolute atomic E-state index is 12.2. The van der Waals surface area contributed by atoms with Crippen LogP contribution < -0.4 is 15.0 Å². The minimum atomic E-state index is -0.140. The minimum Gasteiger partial charge on any atom is -0.494 e. The second-order valence-electron chi connectivity index (χ2n) is 5.44. The average Bonchev–Trinajstić information content (AvgIpc) is 2.93. The van der Waals surface area contributed by atoms with Crippen molar-refractivity contribution in [3.05, 3.63) is 24.3 Å². The van der Waals surface area contributed by atoms with Crippen LogP contribution in [0.5, 0.6) is 5.75 Å². The van der Waals surface area contributed by atoms with Gasteiger partial charge in [0.15, 0.2) is 0 Å². The predicted molar refractivity (Wildman–Crippen MR) is 87.6 cm³/mol. The molecule has 2 rings (SSSR count). The van der Waals surface area contributed by atoms with E-state index in [1.54, 1.807) is 4.90 Å². The zero-order valence-corrected chi connectivity index (χ0v) is 13.7. The smallest absolute Gasteiger partial charge is 0.246 e. The van der Waals surface area contributed by atoms with Crippen LogP contribution in [0.15, 0.2) is 24.3 Å². The molecule has 1 aliphatic heterocycles. The Labute approximate surface area is 136 Å². The van der Waals surface area contributed by atoms with Crippen molar-refractivity contribution in [3.8, 4) is 5.75 Å². The van der Waals surface area contributed by atoms with Crippen molar-refractivity contribution in [1.29, 1.82) is 0 Å². The summed E-state index contributed by atoms with van der Waals surface area (Å²) in [6.07, 6.45) is 0.447. The molecule has 0 spiro atoms. The number of nitrogens with one attached hydrogen (secondary N) is 1. The molecule has 0 bridgehead atoms. The molecule has 6 heteroatoms. The Hall–Kier alpha value is -2.08. The first-order valence-corrected chi connectivity index (χ1v) is 8.01. The van der Waals surface area contributed by atoms with Crippen LogP contribution in [0.3, 0.4) is 0 Å². The Balaban J connectivity index is 1.85. The molecule has 0 radical (unpaired) electrons. The Bertz CT molecular complexity index is 530. The first-order valence-electron chi connectivity index (χ1n) is 8.01. The van der Waals surface area contributed by atoms with Crippen LogP contribution in [0.2, 0.25) is 0 Å². The predicted octanol–water partition coefficient (Wildman–Crippen LogP) is 1.59. The van der Waals surface area contributed by atoms with Crippen molar-refractivity contribution in [3.63, 3.8) is 0 Å². The Morgan fingerprint density at radius 1 is 1.26 bits per heavy atom. The third-order valence-electron chi connectivity index (χ3n) is 3.69. The highest BCUT2D eigenvalue weighted by atomic mass is 16.5. The van der Waals surface area contributed by atoms with Gasteiger partial charge in [-0.2, -0.15) is 0 Å². The maximum atomic E-state index is 12.2. The number of amides is 2. The summed E-state index contributed by atoms with van der Waals surface area (Å²) >= 11 is 0. The van der Waals surface area contributed by atoms with E-state index in [0.29, 0.717) is 32.7 Å². The Kier molecular flexibility index (Phi) is 6.40. The molecule has 1 aromatic carbocycles. The van der Waals surface area contributed by atoms with Crippen LogP contribution in [0.1, 0.15) is 20.3 Å². The van der Waals surface area contributed by atoms with E-state index < -0.39 is 0 Å². The standard InChI is InChI=1S/C17H24N2O4/c1-3-22-12-16(20)18-10-13-9-17(21)19(11-13)14-5-7-15(8-6-14)23-4-2/h5-8,13H,3-4,9-12H2,1-2H3,(H,18,20)/t13-/m0/s1. The third-order valence-corrected chi connectivity index (χ3v) is 3.69. The number of hydrogen-bond donors (Lipinski definition) is 1. The van der Waals surface area contributed by atoms with E-state index in [1.807, 2.05) is 38.1 Å². The van der Waals surface area contributed by atoms with E-state index in [-0.39, 0.29) is 24.3 Å². The number of benzene rings is 1. The fourth-order valence-electron chi connectivity index (χ4n) is 2.56. The van der Waals surface area contributed by atoms with E-state index in [4.69, 9.17) is 9.47 Å². The van der Waals surface area contributed by atoms with Gasteiger partial charge in [0.1, 0.15) is 12.4 Å². The summed E-state index contributed by atoms with van der Waals surface area (Å²) in [6.45, 7) is 6.08. The number of ether oxygens (including phenoxy) is 2. The van der Waals surface area contributed by atoms with Gasteiger partial charge in [-0.15, -0.1) is 0 Å². The average molecular weight is 320 g/mol. The summed E-state index contributed by atoms with van der Waals surface area (Å²) in [5.41, 5.74) is 0.863. The van der Waals surface area contributed by atoms with Gasteiger partial charge < -0.3 is 19.7 Å². The number of carbonyl (C=O) groups is 2. The quantitative estimate of drug-likeness (QED) is 0.790. The van der Waals surface area contributed by atoms with Crippen LogP contribution in [0.25, 0.3) is 0 Å². The highest BCUT2D eigenvalue weighted by Gasteiger charge is 2.30. The first-order chi connectivity index (χ1) is 11.1. The van der Waals surface area contributed by atoms with Gasteiger partial charge in [0.25, 0.3) is 0 Å². The van der Waals surface area contributed by atoms with Crippen molar-refractivity contribution in [2.75, 3.05) is 37.8 Å². The molecule has 0 unspecified atom stereocenters. The number of anilines is 1. The van der Waals surface area contributed by atoms with Crippen LogP contribution in [0, 0.1) is 5.92 Å². The Morgan fingerprint density at radius 2 is 2.00 bits per heavy atom. The molecule has 1 aromatic rings. The number of hydrogen-bond acceptors (Lipinski definition) is 4. The van der Waals surface area contributed by atoms with Crippen LogP contribution >= 0.6 is 0 Å². The lowest BCUT2D eigenvalue weighted by Gasteiger charge is -2.17. The van der Waals surface area contributed by atoms with Crippen LogP contribution in [0.4, 0.5) is 5.69 Å². The van der Waals surface area contributed by atoms with Crippen LogP contribution in [-0.2, 0) is 14.3 Å². The summed E-state index contributed by atoms with van der Waals surface area (Å²) in [4.78, 5) is 25.5. The SMILES string of the molecule is CCOCC(=O)NC[C@@H]1CC(=O)N(c2ccc(OCC)cc2)C1. The molecule has 1 atom stereocenters. The lowest BCUT2D eigenvalue weighted by Crippen LogP contribution is -2.33. The van der Waals surface area contributed by atoms with Gasteiger partial charge in [0.2, 0.25) is 11.8 Å². The van der Waals surface area contributed by atoms with E-state index >= 15 is 0 Å². The van der Waals surface area contributed by atoms with Gasteiger partial charge in [-0.05, 0) is 38.1 Å². The summed E-state index contributed by atoms with van der Waals surface area (Å²) in [5.74, 6) is 0.860. The van der Waals surface area contributed by atoms with E-state index in [1.165, 1.54) is 0 Å². The largest absolute Gasteiger partial charge is 0.494 e. The molecule has 1 aliphatic rings. The normalized spacial score (nSPS) is 17.4. The number of carbonyl (C=O) groups excluding carboxylic acids is 2. The number of rotatable bonds is 8. The van der Waals surface area contributed by atoms with Gasteiger partial charge in [-0.3, -0.25) is 9.59 Å². The number of nitrogens with zero attached hydrogens (tertiary/aromatic N) is 1. The fourth-order valence-corrected chi connectivity index (χ4v) is 2.56. The van der Waals surface area contributed by atoms with Gasteiger partial charge in [-0.25, -0.2) is 0 Å². The molecular weight excluding hydrogens is 296 g/mol. The maximum Gasteiger partial charge on any atom is 0.246 e. The van der Waals surface area contributed by atoms with Crippen molar-refractivity contribution in [2.45, 2.75) is 20.3 Å². The summed E-state index contributed by atoms with van der Waals surface area (Å²) in [7, 11) is 0. The molecule has 126 valence electrons. The highest BCUT2D eigenvalue weighted by Crippen LogP contribution is 2.26. The van der Waals surface area contributed by atoms with Crippen molar-refractivity contribution < 1.29 is 19.1 Å². The summed E-state index contributed by atoms with van der Waals surface area (Å²) in [6, 6.07) is 7.50. The molecule has 0 saturated carbocycles. The van der Waals surface area contributed by atoms with Gasteiger partial charge >= 0.3 is 0 Å². The molecule has 1 fully saturated rings. The highest BCUT2D eigenvalue weighted by molar-refractivity contribution is 5.95.